The molecule has 0 radical (unpaired) electrons. The molecular weight excluding hydrogens is 278 g/mol. The lowest BCUT2D eigenvalue weighted by molar-refractivity contribution is 0.199. The molecule has 116 valence electrons. The van der Waals surface area contributed by atoms with Crippen LogP contribution in [0.3, 0.4) is 0 Å². The molecule has 0 saturated heterocycles. The van der Waals surface area contributed by atoms with Gasteiger partial charge in [0.05, 0.1) is 18.6 Å². The topological polar surface area (TPSA) is 73.2 Å². The van der Waals surface area contributed by atoms with E-state index in [2.05, 4.69) is 10.4 Å². The molecule has 0 aromatic carbocycles. The minimum Gasteiger partial charge on any atom is -0.383 e. The van der Waals surface area contributed by atoms with E-state index in [1.165, 1.54) is 0 Å². The number of nitrogens with one attached hydrogen (secondary N) is 1. The predicted octanol–water partition coefficient (Wildman–Crippen LogP) is 0.752. The summed E-state index contributed by atoms with van der Waals surface area (Å²) in [6.07, 6.45) is 2.44. The van der Waals surface area contributed by atoms with E-state index in [9.17, 15) is 8.42 Å². The zero-order valence-electron chi connectivity index (χ0n) is 12.6. The van der Waals surface area contributed by atoms with E-state index in [1.54, 1.807) is 14.0 Å². The van der Waals surface area contributed by atoms with Crippen molar-refractivity contribution in [2.24, 2.45) is 0 Å². The summed E-state index contributed by atoms with van der Waals surface area (Å²) in [6.45, 7) is 6.57. The van der Waals surface area contributed by atoms with Crippen molar-refractivity contribution in [2.75, 3.05) is 31.8 Å². The van der Waals surface area contributed by atoms with Gasteiger partial charge in [-0.2, -0.15) is 5.10 Å². The van der Waals surface area contributed by atoms with Gasteiger partial charge in [0.15, 0.2) is 0 Å². The lowest BCUT2D eigenvalue weighted by Gasteiger charge is -2.06. The second-order valence-electron chi connectivity index (χ2n) is 4.74. The molecule has 1 aromatic rings. The molecule has 0 aliphatic heterocycles. The maximum absolute atomic E-state index is 11.4. The number of ether oxygens (including phenoxy) is 1. The summed E-state index contributed by atoms with van der Waals surface area (Å²) in [5.41, 5.74) is 2.23. The summed E-state index contributed by atoms with van der Waals surface area (Å²) in [5, 5.41) is 7.58. The number of rotatable bonds is 10. The molecule has 0 aliphatic rings. The van der Waals surface area contributed by atoms with Gasteiger partial charge in [0.1, 0.15) is 9.84 Å². The first-order valence-corrected chi connectivity index (χ1v) is 8.73. The molecule has 1 rings (SSSR count). The van der Waals surface area contributed by atoms with Gasteiger partial charge in [-0.3, -0.25) is 4.68 Å². The van der Waals surface area contributed by atoms with E-state index in [0.717, 1.165) is 24.3 Å². The molecule has 1 heterocycles. The summed E-state index contributed by atoms with van der Waals surface area (Å²) in [7, 11) is -1.21. The van der Waals surface area contributed by atoms with E-state index in [4.69, 9.17) is 4.74 Å². The SMILES string of the molecule is CCS(=O)(=O)CCCn1ncc(CNCCOC)c1C. The quantitative estimate of drug-likeness (QED) is 0.646. The Hall–Kier alpha value is -0.920. The third kappa shape index (κ3) is 5.60. The van der Waals surface area contributed by atoms with Crippen LogP contribution in [0.5, 0.6) is 0 Å². The third-order valence-corrected chi connectivity index (χ3v) is 5.06. The number of hydrogen-bond donors (Lipinski definition) is 1. The summed E-state index contributed by atoms with van der Waals surface area (Å²) in [6, 6.07) is 0. The van der Waals surface area contributed by atoms with Crippen LogP contribution in [-0.2, 0) is 27.7 Å². The van der Waals surface area contributed by atoms with E-state index in [-0.39, 0.29) is 11.5 Å². The Morgan fingerprint density at radius 2 is 2.20 bits per heavy atom. The van der Waals surface area contributed by atoms with E-state index in [1.807, 2.05) is 17.8 Å². The van der Waals surface area contributed by atoms with Gasteiger partial charge in [-0.1, -0.05) is 6.92 Å². The highest BCUT2D eigenvalue weighted by atomic mass is 32.2. The van der Waals surface area contributed by atoms with E-state index < -0.39 is 9.84 Å². The number of methoxy groups -OCH3 is 1. The van der Waals surface area contributed by atoms with Crippen molar-refractivity contribution in [1.29, 1.82) is 0 Å². The smallest absolute Gasteiger partial charge is 0.150 e. The lowest BCUT2D eigenvalue weighted by atomic mass is 10.2. The van der Waals surface area contributed by atoms with Gasteiger partial charge < -0.3 is 10.1 Å². The molecule has 0 amide bonds. The molecule has 20 heavy (non-hydrogen) atoms. The Kier molecular flexibility index (Phi) is 7.18. The van der Waals surface area contributed by atoms with Gasteiger partial charge in [0, 0.05) is 43.8 Å². The molecule has 0 bridgehead atoms. The van der Waals surface area contributed by atoms with Gasteiger partial charge in [0.2, 0.25) is 0 Å². The first kappa shape index (κ1) is 17.1. The van der Waals surface area contributed by atoms with Gasteiger partial charge in [-0.05, 0) is 13.3 Å². The summed E-state index contributed by atoms with van der Waals surface area (Å²) in [4.78, 5) is 0. The zero-order chi connectivity index (χ0) is 15.0. The van der Waals surface area contributed by atoms with Gasteiger partial charge in [0.25, 0.3) is 0 Å². The molecule has 0 atom stereocenters. The summed E-state index contributed by atoms with van der Waals surface area (Å²) in [5.74, 6) is 0.435. The molecule has 0 unspecified atom stereocenters. The van der Waals surface area contributed by atoms with E-state index >= 15 is 0 Å². The van der Waals surface area contributed by atoms with Crippen molar-refractivity contribution in [3.63, 3.8) is 0 Å². The largest absolute Gasteiger partial charge is 0.383 e. The van der Waals surface area contributed by atoms with Gasteiger partial charge in [-0.25, -0.2) is 8.42 Å². The highest BCUT2D eigenvalue weighted by Crippen LogP contribution is 2.08. The Labute approximate surface area is 121 Å². The molecule has 0 aliphatic carbocycles. The van der Waals surface area contributed by atoms with Crippen molar-refractivity contribution in [1.82, 2.24) is 15.1 Å². The Morgan fingerprint density at radius 3 is 2.85 bits per heavy atom. The highest BCUT2D eigenvalue weighted by molar-refractivity contribution is 7.91. The van der Waals surface area contributed by atoms with Crippen LogP contribution in [0.15, 0.2) is 6.20 Å². The number of hydrogen-bond acceptors (Lipinski definition) is 5. The van der Waals surface area contributed by atoms with Crippen molar-refractivity contribution in [3.8, 4) is 0 Å². The molecule has 1 aromatic heterocycles. The normalized spacial score (nSPS) is 11.9. The van der Waals surface area contributed by atoms with Crippen LogP contribution >= 0.6 is 0 Å². The minimum absolute atomic E-state index is 0.208. The van der Waals surface area contributed by atoms with Crippen LogP contribution in [0.2, 0.25) is 0 Å². The number of aromatic nitrogens is 2. The van der Waals surface area contributed by atoms with Crippen LogP contribution in [0.25, 0.3) is 0 Å². The van der Waals surface area contributed by atoms with Gasteiger partial charge in [-0.15, -0.1) is 0 Å². The second kappa shape index (κ2) is 8.39. The minimum atomic E-state index is -2.88. The molecule has 0 spiro atoms. The van der Waals surface area contributed by atoms with Crippen LogP contribution in [0.1, 0.15) is 24.6 Å². The number of sulfone groups is 1. The summed E-state index contributed by atoms with van der Waals surface area (Å²) < 4.78 is 29.7. The van der Waals surface area contributed by atoms with Crippen LogP contribution < -0.4 is 5.32 Å². The van der Waals surface area contributed by atoms with Crippen molar-refractivity contribution in [2.45, 2.75) is 33.4 Å². The maximum Gasteiger partial charge on any atom is 0.150 e. The van der Waals surface area contributed by atoms with Crippen molar-refractivity contribution >= 4 is 9.84 Å². The Morgan fingerprint density at radius 1 is 1.45 bits per heavy atom. The van der Waals surface area contributed by atoms with Crippen LogP contribution in [0.4, 0.5) is 0 Å². The standard InChI is InChI=1S/C13H25N3O3S/c1-4-20(17,18)9-5-7-16-12(2)13(11-15-16)10-14-6-8-19-3/h11,14H,4-10H2,1-3H3. The monoisotopic (exact) mass is 303 g/mol. The maximum atomic E-state index is 11.4. The average molecular weight is 303 g/mol. The first-order chi connectivity index (χ1) is 9.50. The summed E-state index contributed by atoms with van der Waals surface area (Å²) >= 11 is 0. The Bertz CT molecular complexity index is 497. The molecule has 6 nitrogen and oxygen atoms in total. The van der Waals surface area contributed by atoms with Gasteiger partial charge >= 0.3 is 0 Å². The van der Waals surface area contributed by atoms with Crippen LogP contribution in [0, 0.1) is 6.92 Å². The fourth-order valence-electron chi connectivity index (χ4n) is 1.86. The molecule has 0 fully saturated rings. The fraction of sp³-hybridized carbons (Fsp3) is 0.769. The molecular formula is C13H25N3O3S. The second-order valence-corrected chi connectivity index (χ2v) is 7.21. The third-order valence-electron chi connectivity index (χ3n) is 3.27. The number of aryl methyl sites for hydroxylation is 1. The highest BCUT2D eigenvalue weighted by Gasteiger charge is 2.09. The molecule has 0 saturated carbocycles. The fourth-order valence-corrected chi connectivity index (χ4v) is 2.72. The van der Waals surface area contributed by atoms with Crippen molar-refractivity contribution in [3.05, 3.63) is 17.5 Å². The predicted molar refractivity (Wildman–Crippen MR) is 79.5 cm³/mol. The first-order valence-electron chi connectivity index (χ1n) is 6.91. The zero-order valence-corrected chi connectivity index (χ0v) is 13.4. The molecule has 7 heteroatoms. The van der Waals surface area contributed by atoms with Crippen LogP contribution in [-0.4, -0.2) is 50.0 Å². The van der Waals surface area contributed by atoms with E-state index in [0.29, 0.717) is 19.6 Å². The lowest BCUT2D eigenvalue weighted by Crippen LogP contribution is -2.19. The number of nitrogens with zero attached hydrogens (tertiary/aromatic N) is 2. The van der Waals surface area contributed by atoms with Crippen molar-refractivity contribution < 1.29 is 13.2 Å². The Balaban J connectivity index is 2.42. The molecule has 1 N–H and O–H groups in total. The average Bonchev–Trinajstić information content (AvgIpc) is 2.76.